The van der Waals surface area contributed by atoms with Crippen LogP contribution in [0, 0.1) is 0 Å². The Balaban J connectivity index is 0.000000725. The number of rotatable bonds is 39. The number of aromatic nitrogens is 1. The van der Waals surface area contributed by atoms with Gasteiger partial charge in [0.2, 0.25) is 24.1 Å². The number of hydrogen-bond donors (Lipinski definition) is 4. The Labute approximate surface area is 512 Å². The number of allylic oxidation sites excluding steroid dienone is 2. The molecular formula is C63H90ClN11O9S. The first-order valence-corrected chi connectivity index (χ1v) is 30.2. The number of ether oxygens (including phenoxy) is 5. The summed E-state index contributed by atoms with van der Waals surface area (Å²) in [5.74, 6) is 6.80. The third-order valence-electron chi connectivity index (χ3n) is 13.5. The summed E-state index contributed by atoms with van der Waals surface area (Å²) >= 11 is 7.53. The van der Waals surface area contributed by atoms with Crippen LogP contribution in [0.15, 0.2) is 125 Å². The minimum Gasteiger partial charge on any atom is -0.494 e. The maximum atomic E-state index is 13.9. The van der Waals surface area contributed by atoms with Crippen molar-refractivity contribution in [1.29, 1.82) is 0 Å². The number of benzene rings is 3. The van der Waals surface area contributed by atoms with Gasteiger partial charge in [0.05, 0.1) is 76.7 Å². The van der Waals surface area contributed by atoms with Gasteiger partial charge in [-0.2, -0.15) is 5.10 Å². The molecule has 1 fully saturated rings. The van der Waals surface area contributed by atoms with Crippen LogP contribution in [0.25, 0.3) is 0 Å². The van der Waals surface area contributed by atoms with Gasteiger partial charge in [0.15, 0.2) is 5.13 Å². The molecule has 1 saturated heterocycles. The molecule has 22 heteroatoms. The van der Waals surface area contributed by atoms with Gasteiger partial charge in [-0.15, -0.1) is 11.3 Å². The average molecular weight is 1210 g/mol. The van der Waals surface area contributed by atoms with Gasteiger partial charge < -0.3 is 65.1 Å². The highest BCUT2D eigenvalue weighted by molar-refractivity contribution is 7.13. The molecule has 0 saturated carbocycles. The van der Waals surface area contributed by atoms with Crippen LogP contribution in [0.2, 0.25) is 5.02 Å². The maximum Gasteiger partial charge on any atom is 0.247 e. The predicted molar refractivity (Wildman–Crippen MR) is 342 cm³/mol. The Bertz CT molecular complexity index is 2680. The van der Waals surface area contributed by atoms with E-state index in [0.29, 0.717) is 112 Å². The number of carbonyl (C=O) groups excluding carboxylic acids is 4. The number of nitrogens with zero attached hydrogens (tertiary/aromatic N) is 7. The van der Waals surface area contributed by atoms with Crippen LogP contribution in [0.4, 0.5) is 10.8 Å². The molecule has 0 aliphatic carbocycles. The Hall–Kier alpha value is -6.98. The zero-order valence-electron chi connectivity index (χ0n) is 50.6. The van der Waals surface area contributed by atoms with Crippen molar-refractivity contribution >= 4 is 69.8 Å². The number of nitrogens with two attached hydrogens (primary N) is 1. The first-order chi connectivity index (χ1) is 41.2. The molecule has 2 atom stereocenters. The van der Waals surface area contributed by atoms with Crippen molar-refractivity contribution in [2.45, 2.75) is 77.4 Å². The molecule has 0 radical (unpaired) electrons. The third-order valence-corrected chi connectivity index (χ3v) is 14.6. The van der Waals surface area contributed by atoms with Crippen LogP contribution in [0.3, 0.4) is 0 Å². The molecule has 1 aliphatic rings. The van der Waals surface area contributed by atoms with E-state index in [1.54, 1.807) is 59.0 Å². The minimum absolute atomic E-state index is 0.103. The maximum absolute atomic E-state index is 13.9. The van der Waals surface area contributed by atoms with E-state index in [1.165, 1.54) is 11.3 Å². The molecule has 1 aromatic heterocycles. The number of hydrogen-bond acceptors (Lipinski definition) is 17. The number of nitrogens with one attached hydrogen (secondary N) is 3. The molecule has 5 rings (SSSR count). The lowest BCUT2D eigenvalue weighted by Gasteiger charge is -2.35. The standard InChI is InChI=1S/C52H74ClN7O7.C11H16N4O2S/c1-8-12-43(9-2)41(5)57-52(62)51(44-16-18-45(53)19-17-44)60(40(3)4)50(61)26-15-42-13-22-48(23-14-42)66-31-11-10-29-59(7)30-34-65-36-35-63-32-27-47(58-54)39-56-28-33-64-37-38-67-49-24-20-46(55-6)21-25-49;1-14-2-4-15(5-3-14)10(17)6-9-7-18-11(13-9)12-8-16/h8-9,12-14,16-25,39-41,51,55H,1-2,10-11,15,26-38,54H2,3-7H3,(H,57,62);7-8H,2-6H2,1H3,(H,12,13,16)/b43-12+,56-39?,58-47-;. The lowest BCUT2D eigenvalue weighted by molar-refractivity contribution is -0.143. The molecular weight excluding hydrogens is 1120 g/mol. The van der Waals surface area contributed by atoms with E-state index in [4.69, 9.17) is 41.1 Å². The number of likely N-dealkylation sites (N-methyl/N-ethyl adjacent to an activating group) is 2. The second-order valence-corrected chi connectivity index (χ2v) is 21.6. The smallest absolute Gasteiger partial charge is 0.247 e. The van der Waals surface area contributed by atoms with Crippen molar-refractivity contribution in [3.63, 3.8) is 0 Å². The minimum atomic E-state index is -0.851. The number of aliphatic imine (C=N–C) groups is 1. The highest BCUT2D eigenvalue weighted by atomic mass is 35.5. The quantitative estimate of drug-likeness (QED) is 0.00827. The summed E-state index contributed by atoms with van der Waals surface area (Å²) in [6, 6.07) is 21.2. The molecule has 85 heavy (non-hydrogen) atoms. The van der Waals surface area contributed by atoms with Crippen LogP contribution in [0.5, 0.6) is 11.5 Å². The van der Waals surface area contributed by atoms with Crippen LogP contribution >= 0.6 is 22.9 Å². The van der Waals surface area contributed by atoms with E-state index in [1.807, 2.05) is 81.2 Å². The van der Waals surface area contributed by atoms with Crippen molar-refractivity contribution in [2.24, 2.45) is 15.9 Å². The Morgan fingerprint density at radius 2 is 1.49 bits per heavy atom. The van der Waals surface area contributed by atoms with Gasteiger partial charge in [0.1, 0.15) is 24.1 Å². The second-order valence-electron chi connectivity index (χ2n) is 20.3. The molecule has 4 aromatic rings. The predicted octanol–water partition coefficient (Wildman–Crippen LogP) is 8.12. The summed E-state index contributed by atoms with van der Waals surface area (Å²) in [5.41, 5.74) is 4.90. The number of carbonyl (C=O) groups is 4. The van der Waals surface area contributed by atoms with Crippen LogP contribution in [0.1, 0.15) is 69.3 Å². The Morgan fingerprint density at radius 1 is 0.835 bits per heavy atom. The first kappa shape index (κ1) is 70.5. The number of amides is 4. The number of unbranched alkanes of at least 4 members (excludes halogenated alkanes) is 1. The van der Waals surface area contributed by atoms with Crippen molar-refractivity contribution in [2.75, 3.05) is 130 Å². The number of anilines is 2. The van der Waals surface area contributed by atoms with E-state index in [0.717, 1.165) is 80.4 Å². The highest BCUT2D eigenvalue weighted by Crippen LogP contribution is 2.28. The van der Waals surface area contributed by atoms with E-state index < -0.39 is 6.04 Å². The van der Waals surface area contributed by atoms with Crippen molar-refractivity contribution < 1.29 is 42.9 Å². The summed E-state index contributed by atoms with van der Waals surface area (Å²) in [5, 5.41) is 15.3. The van der Waals surface area contributed by atoms with Gasteiger partial charge >= 0.3 is 0 Å². The number of hydrazone groups is 1. The molecule has 3 aromatic carbocycles. The normalized spacial score (nSPS) is 13.6. The number of piperazine rings is 1. The van der Waals surface area contributed by atoms with Gasteiger partial charge in [-0.25, -0.2) is 4.98 Å². The second kappa shape index (κ2) is 41.1. The van der Waals surface area contributed by atoms with Crippen LogP contribution in [-0.2, 0) is 46.2 Å². The van der Waals surface area contributed by atoms with Crippen LogP contribution in [-0.4, -0.2) is 193 Å². The molecule has 0 bridgehead atoms. The largest absolute Gasteiger partial charge is 0.494 e. The van der Waals surface area contributed by atoms with Gasteiger partial charge in [0.25, 0.3) is 0 Å². The SMILES string of the molecule is C=C/C=C(\C=C)C(C)NC(=O)C(c1ccc(Cl)cc1)N(C(=O)CCc1ccc(OCCCCN(C)CCOCCOCC/C(C=NCCOCCOc2ccc(NC)cc2)=N/N)cc1)C(C)C.CN1CCN(C(=O)Cc2csc(NC=O)n2)CC1. The summed E-state index contributed by atoms with van der Waals surface area (Å²) in [6.45, 7) is 23.1. The van der Waals surface area contributed by atoms with Gasteiger partial charge in [-0.1, -0.05) is 67.3 Å². The molecule has 1 aliphatic heterocycles. The van der Waals surface area contributed by atoms with Gasteiger partial charge in [-0.05, 0) is 126 Å². The van der Waals surface area contributed by atoms with E-state index >= 15 is 0 Å². The topological polar surface area (TPSA) is 227 Å². The monoisotopic (exact) mass is 1210 g/mol. The molecule has 5 N–H and O–H groups in total. The van der Waals surface area contributed by atoms with Crippen molar-refractivity contribution in [3.05, 3.63) is 137 Å². The van der Waals surface area contributed by atoms with E-state index in [2.05, 4.69) is 68.1 Å². The van der Waals surface area contributed by atoms with E-state index in [9.17, 15) is 19.2 Å². The summed E-state index contributed by atoms with van der Waals surface area (Å²) in [7, 11) is 6.02. The van der Waals surface area contributed by atoms with Gasteiger partial charge in [-0.3, -0.25) is 24.2 Å². The lowest BCUT2D eigenvalue weighted by Crippen LogP contribution is -2.49. The number of thiazole rings is 1. The Morgan fingerprint density at radius 3 is 2.14 bits per heavy atom. The molecule has 2 heterocycles. The average Bonchev–Trinajstić information content (AvgIpc) is 3.84. The highest BCUT2D eigenvalue weighted by Gasteiger charge is 2.34. The summed E-state index contributed by atoms with van der Waals surface area (Å²) < 4.78 is 28.7. The zero-order valence-corrected chi connectivity index (χ0v) is 52.1. The zero-order chi connectivity index (χ0) is 61.6. The first-order valence-electron chi connectivity index (χ1n) is 28.9. The number of halogens is 1. The fourth-order valence-corrected chi connectivity index (χ4v) is 9.46. The van der Waals surface area contributed by atoms with Gasteiger partial charge in [0, 0.05) is 81.0 Å². The van der Waals surface area contributed by atoms with Crippen LogP contribution < -0.4 is 31.3 Å². The van der Waals surface area contributed by atoms with Crippen molar-refractivity contribution in [1.82, 2.24) is 29.9 Å². The third kappa shape index (κ3) is 27.7. The molecule has 2 unspecified atom stereocenters. The molecule has 464 valence electrons. The lowest BCUT2D eigenvalue weighted by atomic mass is 10.00. The summed E-state index contributed by atoms with van der Waals surface area (Å²) in [4.78, 5) is 66.6. The van der Waals surface area contributed by atoms with E-state index in [-0.39, 0.29) is 36.2 Å². The van der Waals surface area contributed by atoms with Crippen molar-refractivity contribution in [3.8, 4) is 11.5 Å². The molecule has 20 nitrogen and oxygen atoms in total. The number of aryl methyl sites for hydroxylation is 1. The molecule has 0 spiro atoms. The Kier molecular flexibility index (Phi) is 34.1. The molecule has 4 amide bonds. The fraction of sp³-hybridized carbons (Fsp3) is 0.476. The fourth-order valence-electron chi connectivity index (χ4n) is 8.67. The summed E-state index contributed by atoms with van der Waals surface area (Å²) in [6.07, 6.45) is 10.9.